The van der Waals surface area contributed by atoms with Gasteiger partial charge in [0, 0.05) is 18.7 Å². The summed E-state index contributed by atoms with van der Waals surface area (Å²) in [6, 6.07) is 6.33. The quantitative estimate of drug-likeness (QED) is 0.794. The van der Waals surface area contributed by atoms with Crippen LogP contribution in [0, 0.1) is 5.92 Å². The average molecular weight is 306 g/mol. The highest BCUT2D eigenvalue weighted by molar-refractivity contribution is 5.92. The van der Waals surface area contributed by atoms with Crippen LogP contribution in [0.2, 0.25) is 0 Å². The lowest BCUT2D eigenvalue weighted by Crippen LogP contribution is -2.30. The maximum absolute atomic E-state index is 11.9. The molecule has 1 atom stereocenters. The molecule has 0 aromatic heterocycles. The molecule has 2 amide bonds. The first kappa shape index (κ1) is 15.8. The highest BCUT2D eigenvalue weighted by Crippen LogP contribution is 2.17. The van der Waals surface area contributed by atoms with E-state index in [2.05, 4.69) is 0 Å². The predicted molar refractivity (Wildman–Crippen MR) is 77.4 cm³/mol. The van der Waals surface area contributed by atoms with Gasteiger partial charge in [0.05, 0.1) is 18.9 Å². The predicted octanol–water partition coefficient (Wildman–Crippen LogP) is 0.487. The van der Waals surface area contributed by atoms with Gasteiger partial charge in [-0.1, -0.05) is 0 Å². The first-order valence-corrected chi connectivity index (χ1v) is 7.00. The number of amides is 2. The van der Waals surface area contributed by atoms with Crippen molar-refractivity contribution in [3.8, 4) is 5.75 Å². The third-order valence-corrected chi connectivity index (χ3v) is 3.61. The second-order valence-electron chi connectivity index (χ2n) is 5.15. The fraction of sp³-hybridized carbons (Fsp3) is 0.400. The van der Waals surface area contributed by atoms with E-state index in [1.807, 2.05) is 0 Å². The minimum Gasteiger partial charge on any atom is -0.493 e. The van der Waals surface area contributed by atoms with Crippen molar-refractivity contribution in [1.82, 2.24) is 4.90 Å². The lowest BCUT2D eigenvalue weighted by Gasteiger charge is -2.16. The van der Waals surface area contributed by atoms with Crippen LogP contribution >= 0.6 is 0 Å². The van der Waals surface area contributed by atoms with Crippen molar-refractivity contribution < 1.29 is 24.2 Å². The van der Waals surface area contributed by atoms with Gasteiger partial charge < -0.3 is 20.5 Å². The molecule has 0 spiro atoms. The summed E-state index contributed by atoms with van der Waals surface area (Å²) in [5.41, 5.74) is 5.52. The van der Waals surface area contributed by atoms with Gasteiger partial charge in [-0.25, -0.2) is 0 Å². The summed E-state index contributed by atoms with van der Waals surface area (Å²) in [4.78, 5) is 35.3. The van der Waals surface area contributed by atoms with E-state index < -0.39 is 17.8 Å². The number of primary amides is 1. The Kier molecular flexibility index (Phi) is 4.98. The van der Waals surface area contributed by atoms with Gasteiger partial charge in [-0.2, -0.15) is 0 Å². The zero-order valence-electron chi connectivity index (χ0n) is 12.0. The number of hydrogen-bond donors (Lipinski definition) is 2. The molecule has 1 heterocycles. The summed E-state index contributed by atoms with van der Waals surface area (Å²) in [6.07, 6.45) is 0.681. The first-order chi connectivity index (χ1) is 10.5. The number of carbonyl (C=O) groups excluding carboxylic acids is 2. The second-order valence-corrected chi connectivity index (χ2v) is 5.15. The van der Waals surface area contributed by atoms with Gasteiger partial charge >= 0.3 is 5.97 Å². The van der Waals surface area contributed by atoms with Crippen molar-refractivity contribution in [2.24, 2.45) is 11.7 Å². The summed E-state index contributed by atoms with van der Waals surface area (Å²) < 4.78 is 5.43. The molecule has 1 aliphatic rings. The molecule has 1 fully saturated rings. The van der Waals surface area contributed by atoms with Crippen LogP contribution in [-0.2, 0) is 9.59 Å². The van der Waals surface area contributed by atoms with Crippen molar-refractivity contribution in [2.75, 3.05) is 19.7 Å². The van der Waals surface area contributed by atoms with Crippen LogP contribution in [0.3, 0.4) is 0 Å². The van der Waals surface area contributed by atoms with Crippen molar-refractivity contribution in [3.05, 3.63) is 29.8 Å². The molecule has 0 bridgehead atoms. The number of ether oxygens (including phenoxy) is 1. The van der Waals surface area contributed by atoms with Crippen LogP contribution in [0.25, 0.3) is 0 Å². The molecule has 2 rings (SSSR count). The smallest absolute Gasteiger partial charge is 0.308 e. The first-order valence-electron chi connectivity index (χ1n) is 7.00. The lowest BCUT2D eigenvalue weighted by molar-refractivity contribution is -0.141. The fourth-order valence-electron chi connectivity index (χ4n) is 2.32. The summed E-state index contributed by atoms with van der Waals surface area (Å²) in [6.45, 7) is 0.938. The van der Waals surface area contributed by atoms with E-state index >= 15 is 0 Å². The van der Waals surface area contributed by atoms with Gasteiger partial charge in [-0.3, -0.25) is 14.4 Å². The monoisotopic (exact) mass is 306 g/mol. The normalized spacial score (nSPS) is 17.3. The van der Waals surface area contributed by atoms with Crippen LogP contribution in [0.5, 0.6) is 5.75 Å². The number of nitrogens with two attached hydrogens (primary N) is 1. The summed E-state index contributed by atoms with van der Waals surface area (Å²) >= 11 is 0. The number of aliphatic carboxylic acids is 1. The number of carbonyl (C=O) groups is 3. The van der Waals surface area contributed by atoms with Gasteiger partial charge in [0.2, 0.25) is 11.8 Å². The van der Waals surface area contributed by atoms with Crippen LogP contribution in [0.15, 0.2) is 24.3 Å². The third kappa shape index (κ3) is 3.97. The van der Waals surface area contributed by atoms with Gasteiger partial charge in [-0.05, 0) is 30.7 Å². The Morgan fingerprint density at radius 1 is 1.27 bits per heavy atom. The third-order valence-electron chi connectivity index (χ3n) is 3.61. The maximum Gasteiger partial charge on any atom is 0.308 e. The van der Waals surface area contributed by atoms with Gasteiger partial charge in [-0.15, -0.1) is 0 Å². The molecule has 1 aromatic rings. The van der Waals surface area contributed by atoms with Crippen LogP contribution in [0.1, 0.15) is 23.2 Å². The number of hydrogen-bond acceptors (Lipinski definition) is 4. The Labute approximate surface area is 127 Å². The average Bonchev–Trinajstić information content (AvgIpc) is 2.98. The molecule has 3 N–H and O–H groups in total. The van der Waals surface area contributed by atoms with E-state index in [0.717, 1.165) is 0 Å². The van der Waals surface area contributed by atoms with Crippen molar-refractivity contribution in [3.63, 3.8) is 0 Å². The molecular weight excluding hydrogens is 288 g/mol. The minimum absolute atomic E-state index is 0.113. The Bertz CT molecular complexity index is 570. The molecule has 1 aromatic carbocycles. The molecule has 7 nitrogen and oxygen atoms in total. The van der Waals surface area contributed by atoms with Crippen LogP contribution in [-0.4, -0.2) is 47.5 Å². The van der Waals surface area contributed by atoms with Crippen molar-refractivity contribution >= 4 is 17.8 Å². The van der Waals surface area contributed by atoms with Gasteiger partial charge in [0.25, 0.3) is 0 Å². The Morgan fingerprint density at radius 2 is 1.95 bits per heavy atom. The number of carboxylic acids is 1. The molecule has 7 heteroatoms. The zero-order chi connectivity index (χ0) is 16.1. The lowest BCUT2D eigenvalue weighted by atomic mass is 10.1. The molecule has 0 aliphatic carbocycles. The Morgan fingerprint density at radius 3 is 2.50 bits per heavy atom. The number of benzene rings is 1. The van der Waals surface area contributed by atoms with Crippen molar-refractivity contribution in [2.45, 2.75) is 12.8 Å². The van der Waals surface area contributed by atoms with E-state index in [0.29, 0.717) is 24.3 Å². The Balaban J connectivity index is 1.75. The van der Waals surface area contributed by atoms with E-state index in [1.54, 1.807) is 29.2 Å². The highest BCUT2D eigenvalue weighted by atomic mass is 16.5. The Hall–Kier alpha value is -2.57. The number of nitrogens with zero attached hydrogens (tertiary/aromatic N) is 1. The molecule has 1 saturated heterocycles. The highest BCUT2D eigenvalue weighted by Gasteiger charge is 2.30. The summed E-state index contributed by atoms with van der Waals surface area (Å²) in [5.74, 6) is -1.41. The largest absolute Gasteiger partial charge is 0.493 e. The fourth-order valence-corrected chi connectivity index (χ4v) is 2.32. The SMILES string of the molecule is NC(=O)c1ccc(OCCC(=O)N2CC[C@@H](C(=O)O)C2)cc1. The summed E-state index contributed by atoms with van der Waals surface area (Å²) in [7, 11) is 0. The molecule has 22 heavy (non-hydrogen) atoms. The zero-order valence-corrected chi connectivity index (χ0v) is 12.0. The van der Waals surface area contributed by atoms with Crippen LogP contribution in [0.4, 0.5) is 0 Å². The standard InChI is InChI=1S/C15H18N2O5/c16-14(19)10-1-3-12(4-2-10)22-8-6-13(18)17-7-5-11(9-17)15(20)21/h1-4,11H,5-9H2,(H2,16,19)(H,20,21)/t11-/m1/s1. The summed E-state index contributed by atoms with van der Waals surface area (Å²) in [5, 5.41) is 8.90. The molecule has 1 aliphatic heterocycles. The molecule has 0 unspecified atom stereocenters. The van der Waals surface area contributed by atoms with E-state index in [4.69, 9.17) is 15.6 Å². The van der Waals surface area contributed by atoms with Gasteiger partial charge in [0.15, 0.2) is 0 Å². The van der Waals surface area contributed by atoms with Crippen molar-refractivity contribution in [1.29, 1.82) is 0 Å². The topological polar surface area (TPSA) is 110 Å². The number of likely N-dealkylation sites (tertiary alicyclic amines) is 1. The molecular formula is C15H18N2O5. The van der Waals surface area contributed by atoms with E-state index in [1.165, 1.54) is 0 Å². The maximum atomic E-state index is 11.9. The van der Waals surface area contributed by atoms with E-state index in [9.17, 15) is 14.4 Å². The van der Waals surface area contributed by atoms with Crippen LogP contribution < -0.4 is 10.5 Å². The minimum atomic E-state index is -0.860. The molecule has 0 radical (unpaired) electrons. The molecule has 118 valence electrons. The number of rotatable bonds is 6. The van der Waals surface area contributed by atoms with Gasteiger partial charge in [0.1, 0.15) is 5.75 Å². The molecule has 0 saturated carbocycles. The number of carboxylic acid groups (broad SMARTS) is 1. The second kappa shape index (κ2) is 6.93. The van der Waals surface area contributed by atoms with E-state index in [-0.39, 0.29) is 25.5 Å².